The van der Waals surface area contributed by atoms with Crippen LogP contribution in [-0.4, -0.2) is 17.9 Å². The molecular formula is C15H12ClN3O4. The number of ether oxygens (including phenoxy) is 1. The Bertz CT molecular complexity index is 796. The summed E-state index contributed by atoms with van der Waals surface area (Å²) in [6.07, 6.45) is -0.709. The Labute approximate surface area is 136 Å². The van der Waals surface area contributed by atoms with Gasteiger partial charge in [0.2, 0.25) is 0 Å². The number of esters is 1. The van der Waals surface area contributed by atoms with Gasteiger partial charge in [0, 0.05) is 23.7 Å². The van der Waals surface area contributed by atoms with Crippen LogP contribution in [0.5, 0.6) is 0 Å². The number of halogens is 1. The number of carbonyl (C=O) groups excluding carboxylic acids is 1. The quantitative estimate of drug-likeness (QED) is 0.526. The second-order valence-corrected chi connectivity index (χ2v) is 5.39. The molecule has 0 radical (unpaired) electrons. The number of cyclic esters (lactones) is 1. The van der Waals surface area contributed by atoms with E-state index < -0.39 is 17.1 Å². The van der Waals surface area contributed by atoms with E-state index in [1.165, 1.54) is 17.1 Å². The molecule has 0 bridgehead atoms. The van der Waals surface area contributed by atoms with Crippen molar-refractivity contribution in [1.82, 2.24) is 5.43 Å². The van der Waals surface area contributed by atoms with E-state index in [0.717, 1.165) is 0 Å². The number of hydrogen-bond acceptors (Lipinski definition) is 6. The zero-order chi connectivity index (χ0) is 16.6. The molecule has 23 heavy (non-hydrogen) atoms. The van der Waals surface area contributed by atoms with Gasteiger partial charge in [0.1, 0.15) is 5.69 Å². The average molecular weight is 334 g/mol. The van der Waals surface area contributed by atoms with Crippen LogP contribution in [0.1, 0.15) is 22.1 Å². The van der Waals surface area contributed by atoms with Gasteiger partial charge in [-0.15, -0.1) is 0 Å². The Kier molecular flexibility index (Phi) is 3.89. The number of nitrogens with one attached hydrogen (secondary N) is 1. The minimum Gasteiger partial charge on any atom is -0.437 e. The number of hydrogen-bond donors (Lipinski definition) is 1. The zero-order valence-corrected chi connectivity index (χ0v) is 12.8. The van der Waals surface area contributed by atoms with Gasteiger partial charge in [-0.2, -0.15) is 5.43 Å². The Balaban J connectivity index is 1.88. The number of nitro benzene ring substituents is 1. The Morgan fingerprint density at radius 3 is 2.78 bits per heavy atom. The van der Waals surface area contributed by atoms with Crippen molar-refractivity contribution in [3.05, 3.63) is 68.7 Å². The third-order valence-electron chi connectivity index (χ3n) is 3.49. The van der Waals surface area contributed by atoms with Gasteiger partial charge in [-0.3, -0.25) is 10.1 Å². The summed E-state index contributed by atoms with van der Waals surface area (Å²) in [6.45, 7) is 0. The lowest BCUT2D eigenvalue weighted by atomic mass is 10.1. The summed E-state index contributed by atoms with van der Waals surface area (Å²) in [5.41, 5.74) is 4.25. The molecule has 0 fully saturated rings. The number of rotatable bonds is 4. The van der Waals surface area contributed by atoms with Crippen molar-refractivity contribution in [3.63, 3.8) is 0 Å². The number of benzene rings is 2. The summed E-state index contributed by atoms with van der Waals surface area (Å²) in [4.78, 5) is 22.5. The maximum Gasteiger partial charge on any atom is 0.340 e. The van der Waals surface area contributed by atoms with Crippen molar-refractivity contribution in [2.24, 2.45) is 0 Å². The third kappa shape index (κ3) is 2.84. The molecule has 7 nitrogen and oxygen atoms in total. The molecule has 0 spiro atoms. The standard InChI is InChI=1S/C15H12ClN3O4/c1-18(12-7-6-9(16)8-13(12)19(21)22)17-14-10-4-2-3-5-11(10)15(20)23-14/h2-8,14,17H,1H3/t14-/m1/s1. The average Bonchev–Trinajstić information content (AvgIpc) is 2.84. The van der Waals surface area contributed by atoms with Gasteiger partial charge >= 0.3 is 5.97 Å². The lowest BCUT2D eigenvalue weighted by Gasteiger charge is -2.24. The van der Waals surface area contributed by atoms with Crippen LogP contribution in [0.3, 0.4) is 0 Å². The molecular weight excluding hydrogens is 322 g/mol. The highest BCUT2D eigenvalue weighted by Crippen LogP contribution is 2.32. The molecule has 118 valence electrons. The fourth-order valence-electron chi connectivity index (χ4n) is 2.41. The predicted octanol–water partition coefficient (Wildman–Crippen LogP) is 3.06. The molecule has 1 heterocycles. The Morgan fingerprint density at radius 1 is 1.30 bits per heavy atom. The molecule has 0 aliphatic carbocycles. The lowest BCUT2D eigenvalue weighted by molar-refractivity contribution is -0.384. The van der Waals surface area contributed by atoms with Gasteiger partial charge in [0.15, 0.2) is 6.23 Å². The molecule has 0 saturated carbocycles. The molecule has 1 aliphatic heterocycles. The van der Waals surface area contributed by atoms with E-state index in [4.69, 9.17) is 16.3 Å². The zero-order valence-electron chi connectivity index (χ0n) is 12.0. The van der Waals surface area contributed by atoms with Crippen molar-refractivity contribution in [2.45, 2.75) is 6.23 Å². The van der Waals surface area contributed by atoms with Crippen LogP contribution >= 0.6 is 11.6 Å². The molecule has 2 aromatic rings. The molecule has 3 rings (SSSR count). The second kappa shape index (κ2) is 5.86. The van der Waals surface area contributed by atoms with E-state index in [1.54, 1.807) is 37.4 Å². The SMILES string of the molecule is CN(N[C@@H]1OC(=O)c2ccccc21)c1ccc(Cl)cc1[N+](=O)[O-]. The molecule has 0 saturated heterocycles. The van der Waals surface area contributed by atoms with Crippen molar-refractivity contribution < 1.29 is 14.5 Å². The fourth-order valence-corrected chi connectivity index (χ4v) is 2.58. The summed E-state index contributed by atoms with van der Waals surface area (Å²) >= 11 is 5.81. The molecule has 0 amide bonds. The summed E-state index contributed by atoms with van der Waals surface area (Å²) in [7, 11) is 1.60. The highest BCUT2D eigenvalue weighted by molar-refractivity contribution is 6.30. The van der Waals surface area contributed by atoms with Crippen molar-refractivity contribution in [2.75, 3.05) is 12.1 Å². The lowest BCUT2D eigenvalue weighted by Crippen LogP contribution is -2.38. The van der Waals surface area contributed by atoms with Crippen LogP contribution < -0.4 is 10.4 Å². The molecule has 2 aromatic carbocycles. The number of nitro groups is 1. The van der Waals surface area contributed by atoms with Crippen molar-refractivity contribution >= 4 is 28.9 Å². The first-order valence-electron chi connectivity index (χ1n) is 6.71. The smallest absolute Gasteiger partial charge is 0.340 e. The third-order valence-corrected chi connectivity index (χ3v) is 3.73. The number of nitrogens with zero attached hydrogens (tertiary/aromatic N) is 2. The first-order valence-corrected chi connectivity index (χ1v) is 7.09. The van der Waals surface area contributed by atoms with Crippen molar-refractivity contribution in [3.8, 4) is 0 Å². The van der Waals surface area contributed by atoms with E-state index in [-0.39, 0.29) is 10.7 Å². The molecule has 0 aromatic heterocycles. The Hall–Kier alpha value is -2.64. The van der Waals surface area contributed by atoms with Gasteiger partial charge in [0.05, 0.1) is 10.5 Å². The molecule has 1 atom stereocenters. The molecule has 1 aliphatic rings. The number of anilines is 1. The van der Waals surface area contributed by atoms with E-state index in [2.05, 4.69) is 5.43 Å². The van der Waals surface area contributed by atoms with Gasteiger partial charge in [-0.25, -0.2) is 4.79 Å². The highest BCUT2D eigenvalue weighted by atomic mass is 35.5. The number of hydrazine groups is 1. The van der Waals surface area contributed by atoms with Gasteiger partial charge < -0.3 is 9.75 Å². The first kappa shape index (κ1) is 15.3. The van der Waals surface area contributed by atoms with Crippen LogP contribution in [0, 0.1) is 10.1 Å². The molecule has 0 unspecified atom stereocenters. The summed E-state index contributed by atoms with van der Waals surface area (Å²) in [6, 6.07) is 11.3. The van der Waals surface area contributed by atoms with Crippen LogP contribution in [-0.2, 0) is 4.74 Å². The van der Waals surface area contributed by atoms with Gasteiger partial charge in [-0.1, -0.05) is 29.8 Å². The maximum atomic E-state index is 11.8. The monoisotopic (exact) mass is 333 g/mol. The topological polar surface area (TPSA) is 84.7 Å². The first-order chi connectivity index (χ1) is 11.0. The summed E-state index contributed by atoms with van der Waals surface area (Å²) in [5.74, 6) is -0.433. The van der Waals surface area contributed by atoms with Crippen LogP contribution in [0.2, 0.25) is 5.02 Å². The van der Waals surface area contributed by atoms with E-state index in [9.17, 15) is 14.9 Å². The normalized spacial score (nSPS) is 15.9. The van der Waals surface area contributed by atoms with Crippen LogP contribution in [0.4, 0.5) is 11.4 Å². The van der Waals surface area contributed by atoms with Gasteiger partial charge in [0.25, 0.3) is 5.69 Å². The largest absolute Gasteiger partial charge is 0.437 e. The number of fused-ring (bicyclic) bond motifs is 1. The highest BCUT2D eigenvalue weighted by Gasteiger charge is 2.32. The maximum absolute atomic E-state index is 11.8. The molecule has 8 heteroatoms. The Morgan fingerprint density at radius 2 is 2.04 bits per heavy atom. The number of carbonyl (C=O) groups is 1. The fraction of sp³-hybridized carbons (Fsp3) is 0.133. The summed E-state index contributed by atoms with van der Waals surface area (Å²) < 4.78 is 5.26. The second-order valence-electron chi connectivity index (χ2n) is 4.95. The predicted molar refractivity (Wildman–Crippen MR) is 84.2 cm³/mol. The summed E-state index contributed by atoms with van der Waals surface area (Å²) in [5, 5.41) is 12.9. The molecule has 1 N–H and O–H groups in total. The van der Waals surface area contributed by atoms with E-state index >= 15 is 0 Å². The van der Waals surface area contributed by atoms with E-state index in [0.29, 0.717) is 16.8 Å². The minimum atomic E-state index is -0.709. The van der Waals surface area contributed by atoms with Crippen LogP contribution in [0.15, 0.2) is 42.5 Å². The van der Waals surface area contributed by atoms with Crippen molar-refractivity contribution in [1.29, 1.82) is 0 Å². The van der Waals surface area contributed by atoms with E-state index in [1.807, 2.05) is 0 Å². The van der Waals surface area contributed by atoms with Gasteiger partial charge in [-0.05, 0) is 18.2 Å². The van der Waals surface area contributed by atoms with Crippen LogP contribution in [0.25, 0.3) is 0 Å². The minimum absolute atomic E-state index is 0.148.